The normalized spacial score (nSPS) is 30.7. The molecular weight excluding hydrogens is 194 g/mol. The summed E-state index contributed by atoms with van der Waals surface area (Å²) >= 11 is 0. The van der Waals surface area contributed by atoms with Gasteiger partial charge in [0.25, 0.3) is 0 Å². The Morgan fingerprint density at radius 1 is 1.33 bits per heavy atom. The maximum atomic E-state index is 9.16. The molecule has 3 atom stereocenters. The molecule has 0 radical (unpaired) electrons. The van der Waals surface area contributed by atoms with E-state index in [9.17, 15) is 0 Å². The highest BCUT2D eigenvalue weighted by atomic mass is 16.7. The van der Waals surface area contributed by atoms with E-state index in [2.05, 4.69) is 0 Å². The summed E-state index contributed by atoms with van der Waals surface area (Å²) in [6, 6.07) is 7.47. The molecular formula is C11H15NO3. The number of nitrogens with two attached hydrogens (primary N) is 1. The second-order valence-corrected chi connectivity index (χ2v) is 3.61. The second kappa shape index (κ2) is 4.18. The molecule has 2 rings (SSSR count). The smallest absolute Gasteiger partial charge is 0.156 e. The van der Waals surface area contributed by atoms with E-state index in [1.54, 1.807) is 0 Å². The minimum Gasteiger partial charge on any atom is -0.398 e. The van der Waals surface area contributed by atoms with Crippen molar-refractivity contribution in [1.29, 1.82) is 0 Å². The summed E-state index contributed by atoms with van der Waals surface area (Å²) in [6.45, 7) is 1.74. The first-order valence-corrected chi connectivity index (χ1v) is 4.98. The third-order valence-corrected chi connectivity index (χ3v) is 2.52. The van der Waals surface area contributed by atoms with Gasteiger partial charge in [0.1, 0.15) is 12.2 Å². The van der Waals surface area contributed by atoms with E-state index in [0.29, 0.717) is 5.69 Å². The van der Waals surface area contributed by atoms with E-state index in [0.717, 1.165) is 5.56 Å². The fraction of sp³-hybridized carbons (Fsp3) is 0.455. The third kappa shape index (κ3) is 1.97. The molecule has 0 aromatic heterocycles. The molecule has 1 fully saturated rings. The van der Waals surface area contributed by atoms with Gasteiger partial charge in [0, 0.05) is 11.3 Å². The monoisotopic (exact) mass is 209 g/mol. The molecule has 0 bridgehead atoms. The van der Waals surface area contributed by atoms with Crippen molar-refractivity contribution in [3.63, 3.8) is 0 Å². The van der Waals surface area contributed by atoms with Crippen molar-refractivity contribution in [2.45, 2.75) is 25.4 Å². The minimum absolute atomic E-state index is 0.0661. The van der Waals surface area contributed by atoms with Crippen LogP contribution in [0.25, 0.3) is 0 Å². The number of aliphatic hydroxyl groups is 1. The van der Waals surface area contributed by atoms with E-state index >= 15 is 0 Å². The number of benzene rings is 1. The molecule has 0 aliphatic carbocycles. The average molecular weight is 209 g/mol. The molecule has 0 saturated carbocycles. The summed E-state index contributed by atoms with van der Waals surface area (Å²) in [5, 5.41) is 9.16. The van der Waals surface area contributed by atoms with Crippen molar-refractivity contribution in [2.75, 3.05) is 12.3 Å². The van der Waals surface area contributed by atoms with Gasteiger partial charge in [0.15, 0.2) is 6.29 Å². The maximum absolute atomic E-state index is 9.16. The molecule has 0 amide bonds. The van der Waals surface area contributed by atoms with E-state index in [-0.39, 0.29) is 25.1 Å². The Morgan fingerprint density at radius 3 is 2.73 bits per heavy atom. The van der Waals surface area contributed by atoms with Crippen molar-refractivity contribution in [3.8, 4) is 0 Å². The van der Waals surface area contributed by atoms with Gasteiger partial charge >= 0.3 is 0 Å². The van der Waals surface area contributed by atoms with Crippen molar-refractivity contribution in [1.82, 2.24) is 0 Å². The second-order valence-electron chi connectivity index (χ2n) is 3.61. The summed E-state index contributed by atoms with van der Waals surface area (Å²) < 4.78 is 11.0. The molecule has 1 unspecified atom stereocenters. The van der Waals surface area contributed by atoms with Crippen LogP contribution < -0.4 is 5.73 Å². The van der Waals surface area contributed by atoms with Gasteiger partial charge in [-0.3, -0.25) is 0 Å². The summed E-state index contributed by atoms with van der Waals surface area (Å²) in [7, 11) is 0. The summed E-state index contributed by atoms with van der Waals surface area (Å²) in [5.41, 5.74) is 7.39. The number of rotatable bonds is 2. The molecule has 1 aromatic carbocycles. The van der Waals surface area contributed by atoms with Crippen molar-refractivity contribution < 1.29 is 14.6 Å². The van der Waals surface area contributed by atoms with Crippen LogP contribution in [0.5, 0.6) is 0 Å². The van der Waals surface area contributed by atoms with Crippen molar-refractivity contribution >= 4 is 5.69 Å². The Bertz CT molecular complexity index is 342. The van der Waals surface area contributed by atoms with Gasteiger partial charge in [-0.2, -0.15) is 0 Å². The van der Waals surface area contributed by atoms with Gasteiger partial charge in [-0.15, -0.1) is 0 Å². The number of aliphatic hydroxyl groups excluding tert-OH is 1. The van der Waals surface area contributed by atoms with Crippen LogP contribution in [0.3, 0.4) is 0 Å². The van der Waals surface area contributed by atoms with Crippen LogP contribution in [-0.4, -0.2) is 24.1 Å². The van der Waals surface area contributed by atoms with Gasteiger partial charge < -0.3 is 20.3 Å². The molecule has 0 spiro atoms. The van der Waals surface area contributed by atoms with Gasteiger partial charge in [0.05, 0.1) is 6.61 Å². The highest BCUT2D eigenvalue weighted by molar-refractivity contribution is 5.48. The molecule has 4 heteroatoms. The average Bonchev–Trinajstić information content (AvgIpc) is 2.60. The Labute approximate surface area is 88.6 Å². The van der Waals surface area contributed by atoms with Crippen LogP contribution >= 0.6 is 0 Å². The van der Waals surface area contributed by atoms with Crippen LogP contribution in [-0.2, 0) is 9.47 Å². The lowest BCUT2D eigenvalue weighted by Crippen LogP contribution is -2.20. The number of anilines is 1. The first kappa shape index (κ1) is 10.4. The summed E-state index contributed by atoms with van der Waals surface area (Å²) in [4.78, 5) is 0. The summed E-state index contributed by atoms with van der Waals surface area (Å²) in [5.74, 6) is 0. The molecule has 1 heterocycles. The quantitative estimate of drug-likeness (QED) is 0.715. The number of hydrogen-bond acceptors (Lipinski definition) is 4. The van der Waals surface area contributed by atoms with E-state index in [1.807, 2.05) is 31.2 Å². The zero-order chi connectivity index (χ0) is 10.8. The molecule has 1 aliphatic rings. The highest BCUT2D eigenvalue weighted by Gasteiger charge is 2.35. The summed E-state index contributed by atoms with van der Waals surface area (Å²) in [6.07, 6.45) is -0.900. The predicted octanol–water partition coefficient (Wildman–Crippen LogP) is 1.06. The standard InChI is InChI=1S/C11H15NO3/c1-7-14-10(6-13)11(15-7)8-4-2-3-5-9(8)12/h2-5,7,10-11,13H,6,12H2,1H3/t7?,10-,11-/m1/s1. The number of para-hydroxylation sites is 1. The van der Waals surface area contributed by atoms with Crippen LogP contribution in [0.1, 0.15) is 18.6 Å². The van der Waals surface area contributed by atoms with Gasteiger partial charge in [0.2, 0.25) is 0 Å². The Balaban J connectivity index is 2.26. The van der Waals surface area contributed by atoms with Crippen molar-refractivity contribution in [2.24, 2.45) is 0 Å². The first-order valence-electron chi connectivity index (χ1n) is 4.98. The van der Waals surface area contributed by atoms with E-state index in [4.69, 9.17) is 20.3 Å². The minimum atomic E-state index is -0.329. The topological polar surface area (TPSA) is 64.7 Å². The van der Waals surface area contributed by atoms with Gasteiger partial charge in [-0.05, 0) is 13.0 Å². The van der Waals surface area contributed by atoms with Gasteiger partial charge in [-0.25, -0.2) is 0 Å². The molecule has 1 saturated heterocycles. The van der Waals surface area contributed by atoms with Crippen LogP contribution in [0, 0.1) is 0 Å². The lowest BCUT2D eigenvalue weighted by atomic mass is 10.0. The zero-order valence-corrected chi connectivity index (χ0v) is 8.59. The zero-order valence-electron chi connectivity index (χ0n) is 8.59. The van der Waals surface area contributed by atoms with Crippen LogP contribution in [0.15, 0.2) is 24.3 Å². The fourth-order valence-electron chi connectivity index (χ4n) is 1.83. The van der Waals surface area contributed by atoms with Crippen LogP contribution in [0.4, 0.5) is 5.69 Å². The fourth-order valence-corrected chi connectivity index (χ4v) is 1.83. The Kier molecular flexibility index (Phi) is 2.90. The van der Waals surface area contributed by atoms with Crippen LogP contribution in [0.2, 0.25) is 0 Å². The van der Waals surface area contributed by atoms with E-state index < -0.39 is 0 Å². The number of ether oxygens (including phenoxy) is 2. The molecule has 82 valence electrons. The third-order valence-electron chi connectivity index (χ3n) is 2.52. The number of hydrogen-bond donors (Lipinski definition) is 2. The maximum Gasteiger partial charge on any atom is 0.156 e. The lowest BCUT2D eigenvalue weighted by molar-refractivity contribution is -0.0563. The molecule has 3 N–H and O–H groups in total. The van der Waals surface area contributed by atoms with Gasteiger partial charge in [-0.1, -0.05) is 18.2 Å². The van der Waals surface area contributed by atoms with Crippen molar-refractivity contribution in [3.05, 3.63) is 29.8 Å². The lowest BCUT2D eigenvalue weighted by Gasteiger charge is -2.16. The number of nitrogen functional groups attached to an aromatic ring is 1. The first-order chi connectivity index (χ1) is 7.22. The molecule has 1 aliphatic heterocycles. The predicted molar refractivity (Wildman–Crippen MR) is 56.1 cm³/mol. The van der Waals surface area contributed by atoms with E-state index in [1.165, 1.54) is 0 Å². The molecule has 15 heavy (non-hydrogen) atoms. The Morgan fingerprint density at radius 2 is 2.07 bits per heavy atom. The largest absolute Gasteiger partial charge is 0.398 e. The molecule has 1 aromatic rings. The highest BCUT2D eigenvalue weighted by Crippen LogP contribution is 2.34. The molecule has 4 nitrogen and oxygen atoms in total. The Hall–Kier alpha value is -1.10. The SMILES string of the molecule is CC1O[C@H](c2ccccc2N)[C@@H](CO)O1.